The minimum absolute atomic E-state index is 0.435. The van der Waals surface area contributed by atoms with Gasteiger partial charge < -0.3 is 9.47 Å². The number of benzene rings is 3. The minimum Gasteiger partial charge on any atom is -0.497 e. The number of cyclic esters (lactones) is 1. The van der Waals surface area contributed by atoms with Crippen LogP contribution in [0.3, 0.4) is 0 Å². The van der Waals surface area contributed by atoms with E-state index >= 15 is 0 Å². The van der Waals surface area contributed by atoms with Gasteiger partial charge in [0.2, 0.25) is 0 Å². The first-order valence-corrected chi connectivity index (χ1v) is 9.63. The highest BCUT2D eigenvalue weighted by Crippen LogP contribution is 2.43. The van der Waals surface area contributed by atoms with Gasteiger partial charge in [0.1, 0.15) is 11.8 Å². The van der Waals surface area contributed by atoms with Crippen LogP contribution in [-0.4, -0.2) is 24.0 Å². The van der Waals surface area contributed by atoms with Crippen molar-refractivity contribution in [2.24, 2.45) is 0 Å². The molecule has 0 aliphatic carbocycles. The molecule has 30 heavy (non-hydrogen) atoms. The number of carbonyl (C=O) groups excluding carboxylic acids is 2. The monoisotopic (exact) mass is 399 g/mol. The Morgan fingerprint density at radius 2 is 1.60 bits per heavy atom. The second-order valence-corrected chi connectivity index (χ2v) is 6.89. The highest BCUT2D eigenvalue weighted by atomic mass is 16.6. The van der Waals surface area contributed by atoms with Crippen LogP contribution in [0.4, 0.5) is 4.79 Å². The first-order valence-electron chi connectivity index (χ1n) is 9.63. The van der Waals surface area contributed by atoms with E-state index in [1.165, 1.54) is 11.0 Å². The first-order chi connectivity index (χ1) is 14.7. The smallest absolute Gasteiger partial charge is 0.418 e. The van der Waals surface area contributed by atoms with Crippen LogP contribution in [0.2, 0.25) is 0 Å². The minimum atomic E-state index is -0.655. The second-order valence-electron chi connectivity index (χ2n) is 6.89. The molecule has 1 aliphatic heterocycles. The molecule has 5 heteroatoms. The molecule has 2 amide bonds. The van der Waals surface area contributed by atoms with Crippen LogP contribution in [0.15, 0.2) is 91.0 Å². The lowest BCUT2D eigenvalue weighted by molar-refractivity contribution is -0.124. The SMILES string of the molecule is COc1cccc(/C=C/C(=O)N2C(=O)OC(c3ccccc3)C2c2ccccc2)c1. The molecule has 0 bridgehead atoms. The molecule has 150 valence electrons. The van der Waals surface area contributed by atoms with Crippen LogP contribution in [0, 0.1) is 0 Å². The van der Waals surface area contributed by atoms with Crippen LogP contribution in [-0.2, 0) is 9.53 Å². The molecule has 0 radical (unpaired) electrons. The highest BCUT2D eigenvalue weighted by Gasteiger charge is 2.46. The van der Waals surface area contributed by atoms with Gasteiger partial charge in [0.25, 0.3) is 5.91 Å². The fraction of sp³-hybridized carbons (Fsp3) is 0.120. The molecule has 3 aromatic rings. The van der Waals surface area contributed by atoms with Gasteiger partial charge in [-0.25, -0.2) is 9.69 Å². The van der Waals surface area contributed by atoms with Crippen molar-refractivity contribution in [1.29, 1.82) is 0 Å². The fourth-order valence-electron chi connectivity index (χ4n) is 3.57. The summed E-state index contributed by atoms with van der Waals surface area (Å²) in [5, 5.41) is 0. The van der Waals surface area contributed by atoms with Gasteiger partial charge in [-0.05, 0) is 34.9 Å². The molecule has 1 fully saturated rings. The molecule has 0 saturated carbocycles. The maximum absolute atomic E-state index is 13.1. The summed E-state index contributed by atoms with van der Waals surface area (Å²) in [5.41, 5.74) is 2.47. The quantitative estimate of drug-likeness (QED) is 0.556. The van der Waals surface area contributed by atoms with Gasteiger partial charge >= 0.3 is 6.09 Å². The molecule has 1 aliphatic rings. The lowest BCUT2D eigenvalue weighted by Crippen LogP contribution is -2.33. The van der Waals surface area contributed by atoms with Crippen molar-refractivity contribution < 1.29 is 19.1 Å². The number of nitrogens with zero attached hydrogens (tertiary/aromatic N) is 1. The summed E-state index contributed by atoms with van der Waals surface area (Å²) in [6.45, 7) is 0. The van der Waals surface area contributed by atoms with Gasteiger partial charge in [0.15, 0.2) is 6.10 Å². The van der Waals surface area contributed by atoms with E-state index in [-0.39, 0.29) is 0 Å². The topological polar surface area (TPSA) is 55.8 Å². The van der Waals surface area contributed by atoms with Gasteiger partial charge in [0, 0.05) is 6.08 Å². The highest BCUT2D eigenvalue weighted by molar-refractivity contribution is 6.02. The summed E-state index contributed by atoms with van der Waals surface area (Å²) >= 11 is 0. The average molecular weight is 399 g/mol. The molecule has 2 atom stereocenters. The molecule has 0 aromatic heterocycles. The molecule has 0 spiro atoms. The Bertz CT molecular complexity index is 1060. The third-order valence-electron chi connectivity index (χ3n) is 5.01. The van der Waals surface area contributed by atoms with Crippen molar-refractivity contribution in [1.82, 2.24) is 4.90 Å². The van der Waals surface area contributed by atoms with Crippen molar-refractivity contribution >= 4 is 18.1 Å². The van der Waals surface area contributed by atoms with Gasteiger partial charge in [-0.15, -0.1) is 0 Å². The largest absolute Gasteiger partial charge is 0.497 e. The summed E-state index contributed by atoms with van der Waals surface area (Å²) in [6.07, 6.45) is 1.82. The molecular formula is C25H21NO4. The normalized spacial score (nSPS) is 18.4. The van der Waals surface area contributed by atoms with E-state index in [1.807, 2.05) is 84.9 Å². The molecule has 5 nitrogen and oxygen atoms in total. The third kappa shape index (κ3) is 3.96. The zero-order valence-electron chi connectivity index (χ0n) is 16.5. The number of hydrogen-bond acceptors (Lipinski definition) is 4. The van der Waals surface area contributed by atoms with Crippen LogP contribution in [0.25, 0.3) is 6.08 Å². The summed E-state index contributed by atoms with van der Waals surface area (Å²) in [4.78, 5) is 27.0. The van der Waals surface area contributed by atoms with Crippen LogP contribution >= 0.6 is 0 Å². The standard InChI is InChI=1S/C25H21NO4/c1-29-21-14-8-9-18(17-21)15-16-22(27)26-23(19-10-4-2-5-11-19)24(30-25(26)28)20-12-6-3-7-13-20/h2-17,23-24H,1H3/b16-15+. The Balaban J connectivity index is 1.67. The van der Waals surface area contributed by atoms with Gasteiger partial charge in [0.05, 0.1) is 7.11 Å². The van der Waals surface area contributed by atoms with Crippen molar-refractivity contribution in [2.75, 3.05) is 7.11 Å². The number of imide groups is 1. The number of rotatable bonds is 5. The summed E-state index contributed by atoms with van der Waals surface area (Å²) in [5.74, 6) is 0.256. The summed E-state index contributed by atoms with van der Waals surface area (Å²) < 4.78 is 10.9. The van der Waals surface area contributed by atoms with Crippen LogP contribution in [0.5, 0.6) is 5.75 Å². The zero-order valence-corrected chi connectivity index (χ0v) is 16.5. The van der Waals surface area contributed by atoms with Crippen molar-refractivity contribution in [3.05, 3.63) is 108 Å². The van der Waals surface area contributed by atoms with E-state index in [4.69, 9.17) is 9.47 Å². The number of carbonyl (C=O) groups is 2. The van der Waals surface area contributed by atoms with Crippen LogP contribution < -0.4 is 4.74 Å². The molecule has 1 saturated heterocycles. The molecule has 3 aromatic carbocycles. The number of ether oxygens (including phenoxy) is 2. The fourth-order valence-corrected chi connectivity index (χ4v) is 3.57. The van der Waals surface area contributed by atoms with Crippen molar-refractivity contribution in [3.63, 3.8) is 0 Å². The van der Waals surface area contributed by atoms with E-state index in [0.29, 0.717) is 5.75 Å². The van der Waals surface area contributed by atoms with Gasteiger partial charge in [-0.3, -0.25) is 4.79 Å². The third-order valence-corrected chi connectivity index (χ3v) is 5.01. The van der Waals surface area contributed by atoms with E-state index in [2.05, 4.69) is 0 Å². The Morgan fingerprint density at radius 1 is 0.933 bits per heavy atom. The molecule has 2 unspecified atom stereocenters. The van der Waals surface area contributed by atoms with Gasteiger partial charge in [-0.1, -0.05) is 72.8 Å². The lowest BCUT2D eigenvalue weighted by atomic mass is 9.95. The summed E-state index contributed by atoms with van der Waals surface area (Å²) in [6, 6.07) is 25.7. The van der Waals surface area contributed by atoms with E-state index in [1.54, 1.807) is 13.2 Å². The van der Waals surface area contributed by atoms with Crippen molar-refractivity contribution in [2.45, 2.75) is 12.1 Å². The maximum Gasteiger partial charge on any atom is 0.418 e. The second kappa shape index (κ2) is 8.66. The average Bonchev–Trinajstić information content (AvgIpc) is 3.16. The molecule has 0 N–H and O–H groups in total. The van der Waals surface area contributed by atoms with Gasteiger partial charge in [-0.2, -0.15) is 0 Å². The molecule has 1 heterocycles. The van der Waals surface area contributed by atoms with E-state index in [9.17, 15) is 9.59 Å². The lowest BCUT2D eigenvalue weighted by Gasteiger charge is -2.23. The van der Waals surface area contributed by atoms with E-state index in [0.717, 1.165) is 16.7 Å². The van der Waals surface area contributed by atoms with Crippen molar-refractivity contribution in [3.8, 4) is 5.75 Å². The Labute approximate surface area is 175 Å². The predicted octanol–water partition coefficient (Wildman–Crippen LogP) is 5.17. The predicted molar refractivity (Wildman–Crippen MR) is 114 cm³/mol. The molecular weight excluding hydrogens is 378 g/mol. The summed E-state index contributed by atoms with van der Waals surface area (Å²) in [7, 11) is 1.59. The van der Waals surface area contributed by atoms with Crippen LogP contribution in [0.1, 0.15) is 28.8 Å². The first kappa shape index (κ1) is 19.5. The maximum atomic E-state index is 13.1. The number of methoxy groups -OCH3 is 1. The number of amides is 2. The Hall–Kier alpha value is -3.86. The number of hydrogen-bond donors (Lipinski definition) is 0. The molecule has 4 rings (SSSR count). The zero-order chi connectivity index (χ0) is 20.9. The Morgan fingerprint density at radius 3 is 2.27 bits per heavy atom. The van der Waals surface area contributed by atoms with E-state index < -0.39 is 24.1 Å². The Kier molecular flexibility index (Phi) is 5.61.